The second kappa shape index (κ2) is 32.7. The summed E-state index contributed by atoms with van der Waals surface area (Å²) in [6, 6.07) is 0. The van der Waals surface area contributed by atoms with Crippen LogP contribution in [0.1, 0.15) is 0 Å². The molecule has 17 heteroatoms. The molecule has 0 aliphatic heterocycles. The van der Waals surface area contributed by atoms with Crippen molar-refractivity contribution in [2.75, 3.05) is 0 Å². The van der Waals surface area contributed by atoms with Crippen LogP contribution in [0.4, 0.5) is 0 Å². The van der Waals surface area contributed by atoms with Crippen LogP contribution >= 0.6 is 0 Å². The van der Waals surface area contributed by atoms with Crippen LogP contribution in [0.2, 0.25) is 0 Å². The maximum atomic E-state index is 9.67. The van der Waals surface area contributed by atoms with E-state index in [0.29, 0.717) is 0 Å². The molecule has 0 amide bonds. The zero-order valence-corrected chi connectivity index (χ0v) is 15.9. The van der Waals surface area contributed by atoms with Crippen LogP contribution < -0.4 is 20.4 Å². The third-order valence-electron chi connectivity index (χ3n) is 1.20. The quantitative estimate of drug-likeness (QED) is 0.102. The molecule has 0 aliphatic rings. The third kappa shape index (κ3) is 45.8. The molecule has 0 saturated heterocycles. The Hall–Kier alpha value is -2.91. The van der Waals surface area contributed by atoms with E-state index in [4.69, 9.17) is 0 Å². The molecule has 0 N–H and O–H groups in total. The van der Waals surface area contributed by atoms with Gasteiger partial charge in [0.25, 0.3) is 25.9 Å². The predicted octanol–water partition coefficient (Wildman–Crippen LogP) is -7.82. The number of hydrogen-bond donors (Lipinski definition) is 0. The predicted molar refractivity (Wildman–Crippen MR) is 68.0 cm³/mol. The molecule has 0 aliphatic carbocycles. The summed E-state index contributed by atoms with van der Waals surface area (Å²) in [5.41, 5.74) is 0. The van der Waals surface area contributed by atoms with Gasteiger partial charge >= 0.3 is 21.1 Å². The zero-order valence-electron chi connectivity index (χ0n) is 13.9. The van der Waals surface area contributed by atoms with E-state index in [1.54, 1.807) is 0 Å². The Balaban J connectivity index is -0.0000000873. The summed E-state index contributed by atoms with van der Waals surface area (Å²) >= 11 is 0. The van der Waals surface area contributed by atoms with E-state index in [2.05, 4.69) is 18.9 Å². The summed E-state index contributed by atoms with van der Waals surface area (Å²) < 4.78 is 14.3. The van der Waals surface area contributed by atoms with Gasteiger partial charge in [-0.3, -0.25) is 19.2 Å². The van der Waals surface area contributed by atoms with Gasteiger partial charge < -0.3 is 58.6 Å². The summed E-state index contributed by atoms with van der Waals surface area (Å²) in [6.45, 7) is -0.254. The largest absolute Gasteiger partial charge is 4.00 e. The van der Waals surface area contributed by atoms with Crippen molar-refractivity contribution in [3.63, 3.8) is 0 Å². The molecule has 4 unspecified atom stereocenters. The van der Waals surface area contributed by atoms with E-state index in [1.165, 1.54) is 0 Å². The monoisotopic (exact) mass is 510 g/mol. The summed E-state index contributed by atoms with van der Waals surface area (Å²) in [6.07, 6.45) is -7.42. The van der Waals surface area contributed by atoms with E-state index in [1.807, 2.05) is 0 Å². The first-order chi connectivity index (χ1) is 13.2. The number of aldehydes is 4. The van der Waals surface area contributed by atoms with Crippen LogP contribution in [0.5, 0.6) is 0 Å². The fraction of sp³-hybridized carbons (Fsp3) is 0.333. The number of hydrogen-bond acceptors (Lipinski definition) is 16. The Morgan fingerprint density at radius 2 is 0.552 bits per heavy atom. The minimum absolute atomic E-state index is 0. The first-order valence-electron chi connectivity index (χ1n) is 6.05. The van der Waals surface area contributed by atoms with Crippen LogP contribution in [0, 0.1) is 0 Å². The molecule has 16 nitrogen and oxygen atoms in total. The number of rotatable bonds is 12. The molecule has 0 rings (SSSR count). The van der Waals surface area contributed by atoms with E-state index in [0.717, 1.165) is 0 Å². The van der Waals surface area contributed by atoms with Gasteiger partial charge in [0.15, 0.2) is 0 Å². The van der Waals surface area contributed by atoms with Crippen molar-refractivity contribution in [3.8, 4) is 0 Å². The fourth-order valence-electron chi connectivity index (χ4n) is 0.347. The van der Waals surface area contributed by atoms with Crippen LogP contribution in [0.3, 0.4) is 0 Å². The topological polar surface area (TPSA) is 266 Å². The van der Waals surface area contributed by atoms with Crippen molar-refractivity contribution in [1.82, 2.24) is 0 Å². The Labute approximate surface area is 175 Å². The summed E-state index contributed by atoms with van der Waals surface area (Å²) in [5, 5.41) is 38.7. The molecule has 0 fully saturated rings. The van der Waals surface area contributed by atoms with Crippen molar-refractivity contribution in [3.05, 3.63) is 0 Å². The maximum absolute atomic E-state index is 9.67. The number of carbonyl (C=O) groups excluding carboxylic acids is 8. The molecule has 29 heavy (non-hydrogen) atoms. The normalized spacial score (nSPS) is 11.7. The van der Waals surface area contributed by atoms with Crippen LogP contribution in [-0.2, 0) is 78.4 Å². The molecule has 0 radical (unpaired) electrons. The summed E-state index contributed by atoms with van der Waals surface area (Å²) in [5.74, 6) is 0. The Kier molecular flexibility index (Phi) is 41.7. The molecular formula is C12H12MoO16. The van der Waals surface area contributed by atoms with Gasteiger partial charge in [0.1, 0.15) is 25.1 Å². The smallest absolute Gasteiger partial charge is 0.816 e. The Bertz CT molecular complexity index is 364. The van der Waals surface area contributed by atoms with Gasteiger partial charge in [-0.1, -0.05) is 0 Å². The minimum Gasteiger partial charge on any atom is -0.816 e. The summed E-state index contributed by atoms with van der Waals surface area (Å²) in [4.78, 5) is 74.0. The van der Waals surface area contributed by atoms with Gasteiger partial charge in [0, 0.05) is 0 Å². The third-order valence-corrected chi connectivity index (χ3v) is 1.20. The van der Waals surface area contributed by atoms with Crippen LogP contribution in [0.15, 0.2) is 0 Å². The molecule has 0 aromatic carbocycles. The SMILES string of the molecule is O=COC([O-])C=O.O=COC([O-])C=O.O=COC([O-])C=O.O=COC([O-])C=O.[Mo+4]. The van der Waals surface area contributed by atoms with Crippen LogP contribution in [0.25, 0.3) is 0 Å². The van der Waals surface area contributed by atoms with Crippen molar-refractivity contribution in [1.29, 1.82) is 0 Å². The van der Waals surface area contributed by atoms with E-state index < -0.39 is 25.2 Å². The first-order valence-corrected chi connectivity index (χ1v) is 6.05. The Morgan fingerprint density at radius 1 is 0.414 bits per heavy atom. The molecule has 0 saturated carbocycles. The van der Waals surface area contributed by atoms with Gasteiger partial charge in [-0.15, -0.1) is 0 Å². The standard InChI is InChI=1S/4C3H3O4.Mo/c4*4-1-3(6)7-2-5;/h4*1-3H;/q4*-1;+4. The van der Waals surface area contributed by atoms with Crippen molar-refractivity contribution in [2.45, 2.75) is 25.2 Å². The number of ether oxygens (including phenoxy) is 4. The van der Waals surface area contributed by atoms with E-state index in [9.17, 15) is 58.8 Å². The Morgan fingerprint density at radius 3 is 0.586 bits per heavy atom. The van der Waals surface area contributed by atoms with Gasteiger partial charge in [-0.2, -0.15) is 0 Å². The molecular weight excluding hydrogens is 496 g/mol. The van der Waals surface area contributed by atoms with Gasteiger partial charge in [-0.25, -0.2) is 0 Å². The maximum Gasteiger partial charge on any atom is 4.00 e. The van der Waals surface area contributed by atoms with Gasteiger partial charge in [-0.05, 0) is 0 Å². The first kappa shape index (κ1) is 36.9. The van der Waals surface area contributed by atoms with E-state index in [-0.39, 0.29) is 72.1 Å². The molecule has 162 valence electrons. The van der Waals surface area contributed by atoms with Crippen molar-refractivity contribution >= 4 is 51.0 Å². The average Bonchev–Trinajstić information content (AvgIpc) is 2.70. The van der Waals surface area contributed by atoms with Crippen molar-refractivity contribution in [2.24, 2.45) is 0 Å². The average molecular weight is 508 g/mol. The zero-order chi connectivity index (χ0) is 22.8. The van der Waals surface area contributed by atoms with Crippen molar-refractivity contribution < 1.29 is 98.8 Å². The molecule has 4 atom stereocenters. The second-order valence-electron chi connectivity index (χ2n) is 2.95. The molecule has 0 aromatic rings. The second-order valence-corrected chi connectivity index (χ2v) is 2.95. The van der Waals surface area contributed by atoms with Gasteiger partial charge in [0.05, 0.1) is 25.2 Å². The van der Waals surface area contributed by atoms with Crippen LogP contribution in [-0.4, -0.2) is 76.2 Å². The van der Waals surface area contributed by atoms with Gasteiger partial charge in [0.2, 0.25) is 0 Å². The van der Waals surface area contributed by atoms with E-state index >= 15 is 0 Å². The molecule has 0 aromatic heterocycles. The molecule has 0 spiro atoms. The molecule has 0 heterocycles. The fourth-order valence-corrected chi connectivity index (χ4v) is 0.347. The molecule has 0 bridgehead atoms. The summed E-state index contributed by atoms with van der Waals surface area (Å²) in [7, 11) is 0. The number of carbonyl (C=O) groups is 8. The minimum atomic E-state index is -1.85.